The summed E-state index contributed by atoms with van der Waals surface area (Å²) >= 11 is 15.2. The van der Waals surface area contributed by atoms with Crippen molar-refractivity contribution in [1.82, 2.24) is 0 Å². The Morgan fingerprint density at radius 3 is 2.56 bits per heavy atom. The number of aryl methyl sites for hydroxylation is 1. The van der Waals surface area contributed by atoms with Crippen LogP contribution in [0.2, 0.25) is 10.0 Å². The van der Waals surface area contributed by atoms with Crippen LogP contribution in [0, 0.1) is 6.92 Å². The molecule has 0 aromatic heterocycles. The highest BCUT2D eigenvalue weighted by atomic mass is 79.9. The summed E-state index contributed by atoms with van der Waals surface area (Å²) in [4.78, 5) is 24.1. The average Bonchev–Trinajstić information content (AvgIpc) is 2.57. The lowest BCUT2D eigenvalue weighted by atomic mass is 10.2. The highest BCUT2D eigenvalue weighted by molar-refractivity contribution is 9.10. The van der Waals surface area contributed by atoms with Crippen molar-refractivity contribution in [3.63, 3.8) is 0 Å². The van der Waals surface area contributed by atoms with Crippen molar-refractivity contribution in [2.24, 2.45) is 0 Å². The predicted octanol–water partition coefficient (Wildman–Crippen LogP) is 4.87. The zero-order valence-electron chi connectivity index (χ0n) is 13.4. The Labute approximate surface area is 163 Å². The maximum absolute atomic E-state index is 12.0. The Kier molecular flexibility index (Phi) is 6.70. The molecule has 25 heavy (non-hydrogen) atoms. The summed E-state index contributed by atoms with van der Waals surface area (Å²) in [5, 5.41) is 3.38. The van der Waals surface area contributed by atoms with E-state index in [2.05, 4.69) is 21.2 Å². The molecule has 1 N–H and O–H groups in total. The van der Waals surface area contributed by atoms with Gasteiger partial charge in [-0.1, -0.05) is 39.1 Å². The van der Waals surface area contributed by atoms with Crippen LogP contribution in [0.15, 0.2) is 34.8 Å². The molecule has 2 rings (SSSR count). The summed E-state index contributed by atoms with van der Waals surface area (Å²) in [6, 6.07) is 8.05. The molecule has 0 saturated carbocycles. The standard InChI is InChI=1S/C17H14BrCl2NO4/c1-9-5-14(15(24-2)7-13(9)20)21-16(22)8-25-17(23)11-6-10(18)3-4-12(11)19/h3-7H,8H2,1-2H3,(H,21,22). The molecule has 0 unspecified atom stereocenters. The molecule has 0 heterocycles. The number of carbonyl (C=O) groups excluding carboxylic acids is 2. The second-order valence-corrected chi connectivity index (χ2v) is 6.78. The number of amides is 1. The number of halogens is 3. The van der Waals surface area contributed by atoms with Gasteiger partial charge in [0, 0.05) is 15.6 Å². The Hall–Kier alpha value is -1.76. The first-order chi connectivity index (χ1) is 11.8. The molecule has 0 atom stereocenters. The van der Waals surface area contributed by atoms with Gasteiger partial charge < -0.3 is 14.8 Å². The van der Waals surface area contributed by atoms with Crippen LogP contribution in [0.3, 0.4) is 0 Å². The lowest BCUT2D eigenvalue weighted by Crippen LogP contribution is -2.21. The highest BCUT2D eigenvalue weighted by Gasteiger charge is 2.16. The molecule has 0 aliphatic heterocycles. The van der Waals surface area contributed by atoms with Crippen LogP contribution in [0.5, 0.6) is 5.75 Å². The molecule has 1 amide bonds. The van der Waals surface area contributed by atoms with Gasteiger partial charge in [-0.25, -0.2) is 4.79 Å². The quantitative estimate of drug-likeness (QED) is 0.665. The van der Waals surface area contributed by atoms with Crippen LogP contribution in [0.25, 0.3) is 0 Å². The number of methoxy groups -OCH3 is 1. The third-order valence-corrected chi connectivity index (χ3v) is 4.47. The SMILES string of the molecule is COc1cc(Cl)c(C)cc1NC(=O)COC(=O)c1cc(Br)ccc1Cl. The number of carbonyl (C=O) groups is 2. The van der Waals surface area contributed by atoms with E-state index in [1.54, 1.807) is 31.2 Å². The van der Waals surface area contributed by atoms with Gasteiger partial charge in [0.15, 0.2) is 6.61 Å². The van der Waals surface area contributed by atoms with Crippen molar-refractivity contribution < 1.29 is 19.1 Å². The van der Waals surface area contributed by atoms with Gasteiger partial charge in [0.25, 0.3) is 5.91 Å². The molecular formula is C17H14BrCl2NO4. The topological polar surface area (TPSA) is 64.6 Å². The lowest BCUT2D eigenvalue weighted by molar-refractivity contribution is -0.119. The van der Waals surface area contributed by atoms with Crippen molar-refractivity contribution in [3.05, 3.63) is 56.0 Å². The first kappa shape index (κ1) is 19.6. The maximum atomic E-state index is 12.0. The molecule has 0 aliphatic carbocycles. The summed E-state index contributed by atoms with van der Waals surface area (Å²) in [5.74, 6) is -0.800. The fourth-order valence-electron chi connectivity index (χ4n) is 1.98. The number of ether oxygens (including phenoxy) is 2. The number of anilines is 1. The maximum Gasteiger partial charge on any atom is 0.340 e. The molecule has 2 aromatic rings. The minimum Gasteiger partial charge on any atom is -0.495 e. The van der Waals surface area contributed by atoms with E-state index in [4.69, 9.17) is 32.7 Å². The monoisotopic (exact) mass is 445 g/mol. The molecular weight excluding hydrogens is 433 g/mol. The van der Waals surface area contributed by atoms with E-state index >= 15 is 0 Å². The lowest BCUT2D eigenvalue weighted by Gasteiger charge is -2.12. The van der Waals surface area contributed by atoms with Crippen LogP contribution in [-0.2, 0) is 9.53 Å². The van der Waals surface area contributed by atoms with Crippen LogP contribution in [-0.4, -0.2) is 25.6 Å². The van der Waals surface area contributed by atoms with E-state index < -0.39 is 18.5 Å². The second kappa shape index (κ2) is 8.56. The first-order valence-electron chi connectivity index (χ1n) is 7.08. The Morgan fingerprint density at radius 2 is 1.88 bits per heavy atom. The van der Waals surface area contributed by atoms with E-state index in [0.717, 1.165) is 5.56 Å². The summed E-state index contributed by atoms with van der Waals surface area (Å²) in [6.07, 6.45) is 0. The van der Waals surface area contributed by atoms with E-state index in [0.29, 0.717) is 20.9 Å². The fraction of sp³-hybridized carbons (Fsp3) is 0.176. The van der Waals surface area contributed by atoms with Gasteiger partial charge in [0.2, 0.25) is 0 Å². The largest absolute Gasteiger partial charge is 0.495 e. The zero-order valence-corrected chi connectivity index (χ0v) is 16.5. The van der Waals surface area contributed by atoms with E-state index in [-0.39, 0.29) is 10.6 Å². The number of esters is 1. The Balaban J connectivity index is 2.03. The van der Waals surface area contributed by atoms with Gasteiger partial charge in [0.05, 0.1) is 23.4 Å². The van der Waals surface area contributed by atoms with Crippen LogP contribution < -0.4 is 10.1 Å². The molecule has 132 valence electrons. The number of rotatable bonds is 5. The molecule has 0 fully saturated rings. The Morgan fingerprint density at radius 1 is 1.16 bits per heavy atom. The van der Waals surface area contributed by atoms with Crippen LogP contribution >= 0.6 is 39.1 Å². The van der Waals surface area contributed by atoms with Crippen molar-refractivity contribution in [3.8, 4) is 5.75 Å². The average molecular weight is 447 g/mol. The van der Waals surface area contributed by atoms with Gasteiger partial charge >= 0.3 is 5.97 Å². The molecule has 0 spiro atoms. The van der Waals surface area contributed by atoms with Crippen molar-refractivity contribution >= 4 is 56.7 Å². The number of benzene rings is 2. The predicted molar refractivity (Wildman–Crippen MR) is 101 cm³/mol. The van der Waals surface area contributed by atoms with Gasteiger partial charge in [0.1, 0.15) is 5.75 Å². The number of hydrogen-bond acceptors (Lipinski definition) is 4. The summed E-state index contributed by atoms with van der Waals surface area (Å²) in [7, 11) is 1.46. The zero-order chi connectivity index (χ0) is 18.6. The molecule has 0 bridgehead atoms. The van der Waals surface area contributed by atoms with Crippen LogP contribution in [0.4, 0.5) is 5.69 Å². The molecule has 0 aliphatic rings. The first-order valence-corrected chi connectivity index (χ1v) is 8.63. The number of nitrogens with one attached hydrogen (secondary N) is 1. The third kappa shape index (κ3) is 5.11. The van der Waals surface area contributed by atoms with Crippen molar-refractivity contribution in [1.29, 1.82) is 0 Å². The molecule has 8 heteroatoms. The highest BCUT2D eigenvalue weighted by Crippen LogP contribution is 2.31. The van der Waals surface area contributed by atoms with Crippen molar-refractivity contribution in [2.75, 3.05) is 19.0 Å². The summed E-state index contributed by atoms with van der Waals surface area (Å²) in [5.41, 5.74) is 1.38. The molecule has 0 saturated heterocycles. The molecule has 0 radical (unpaired) electrons. The van der Waals surface area contributed by atoms with Gasteiger partial charge in [-0.05, 0) is 36.8 Å². The van der Waals surface area contributed by atoms with E-state index in [9.17, 15) is 9.59 Å². The normalized spacial score (nSPS) is 10.3. The van der Waals surface area contributed by atoms with E-state index in [1.165, 1.54) is 13.2 Å². The summed E-state index contributed by atoms with van der Waals surface area (Å²) in [6.45, 7) is 1.33. The van der Waals surface area contributed by atoms with Crippen LogP contribution in [0.1, 0.15) is 15.9 Å². The minimum absolute atomic E-state index is 0.170. The van der Waals surface area contributed by atoms with E-state index in [1.807, 2.05) is 0 Å². The molecule has 2 aromatic carbocycles. The Bertz CT molecular complexity index is 827. The van der Waals surface area contributed by atoms with Crippen molar-refractivity contribution in [2.45, 2.75) is 6.92 Å². The van der Waals surface area contributed by atoms with Gasteiger partial charge in [-0.15, -0.1) is 0 Å². The van der Waals surface area contributed by atoms with Gasteiger partial charge in [-0.3, -0.25) is 4.79 Å². The third-order valence-electron chi connectivity index (χ3n) is 3.24. The van der Waals surface area contributed by atoms with Gasteiger partial charge in [-0.2, -0.15) is 0 Å². The second-order valence-electron chi connectivity index (χ2n) is 5.05. The summed E-state index contributed by atoms with van der Waals surface area (Å²) < 4.78 is 10.9. The molecule has 5 nitrogen and oxygen atoms in total. The smallest absolute Gasteiger partial charge is 0.340 e. The minimum atomic E-state index is -0.694. The fourth-order valence-corrected chi connectivity index (χ4v) is 2.69. The number of hydrogen-bond donors (Lipinski definition) is 1.